The van der Waals surface area contributed by atoms with Crippen LogP contribution < -0.4 is 4.74 Å². The molecule has 104 valence electrons. The quantitative estimate of drug-likeness (QED) is 0.365. The summed E-state index contributed by atoms with van der Waals surface area (Å²) in [6, 6.07) is 13.0. The molecule has 0 amide bonds. The lowest BCUT2D eigenvalue weighted by Gasteiger charge is -2.02. The predicted molar refractivity (Wildman–Crippen MR) is 84.1 cm³/mol. The van der Waals surface area contributed by atoms with Gasteiger partial charge in [-0.25, -0.2) is 4.79 Å². The number of hydrogen-bond donors (Lipinski definition) is 0. The van der Waals surface area contributed by atoms with Crippen molar-refractivity contribution in [3.05, 3.63) is 65.6 Å². The largest absolute Gasteiger partial charge is 0.423 e. The van der Waals surface area contributed by atoms with E-state index in [9.17, 15) is 4.79 Å². The Morgan fingerprint density at radius 2 is 1.95 bits per heavy atom. The molecule has 1 aromatic carbocycles. The molecular formula is C17H13NO2S. The van der Waals surface area contributed by atoms with Crippen molar-refractivity contribution in [3.63, 3.8) is 0 Å². The number of nitriles is 1. The second-order valence-electron chi connectivity index (χ2n) is 4.11. The number of ether oxygens (including phenoxy) is 1. The van der Waals surface area contributed by atoms with Gasteiger partial charge in [-0.2, -0.15) is 5.26 Å². The van der Waals surface area contributed by atoms with E-state index in [0.717, 1.165) is 10.4 Å². The number of nitrogens with zero attached hydrogens (tertiary/aromatic N) is 1. The number of allylic oxidation sites excluding steroid dienone is 3. The van der Waals surface area contributed by atoms with Crippen molar-refractivity contribution < 1.29 is 9.53 Å². The molecule has 0 aliphatic rings. The summed E-state index contributed by atoms with van der Waals surface area (Å²) in [6.07, 6.45) is 6.58. The lowest BCUT2D eigenvalue weighted by Crippen LogP contribution is -2.03. The van der Waals surface area contributed by atoms with Crippen LogP contribution in [0.15, 0.2) is 60.7 Å². The van der Waals surface area contributed by atoms with Crippen LogP contribution in [-0.4, -0.2) is 5.97 Å². The van der Waals surface area contributed by atoms with Gasteiger partial charge in [-0.15, -0.1) is 11.3 Å². The van der Waals surface area contributed by atoms with Crippen molar-refractivity contribution in [2.24, 2.45) is 0 Å². The van der Waals surface area contributed by atoms with Gasteiger partial charge < -0.3 is 4.74 Å². The zero-order valence-corrected chi connectivity index (χ0v) is 12.3. The van der Waals surface area contributed by atoms with E-state index in [0.29, 0.717) is 10.6 Å². The Morgan fingerprint density at radius 3 is 2.57 bits per heavy atom. The first kappa shape index (κ1) is 14.8. The van der Waals surface area contributed by atoms with Gasteiger partial charge >= 0.3 is 5.97 Å². The SMILES string of the molecule is C/C=C/C=C/C(=O)Oc1ccc(-c2ccc(C#N)s2)cc1. The minimum absolute atomic E-state index is 0.413. The molecular weight excluding hydrogens is 282 g/mol. The normalized spacial score (nSPS) is 10.9. The minimum Gasteiger partial charge on any atom is -0.423 e. The number of esters is 1. The van der Waals surface area contributed by atoms with E-state index in [1.165, 1.54) is 17.4 Å². The fourth-order valence-corrected chi connectivity index (χ4v) is 2.44. The van der Waals surface area contributed by atoms with Crippen LogP contribution in [0.3, 0.4) is 0 Å². The Hall–Kier alpha value is -2.64. The van der Waals surface area contributed by atoms with Crippen molar-refractivity contribution >= 4 is 17.3 Å². The highest BCUT2D eigenvalue weighted by Crippen LogP contribution is 2.29. The average molecular weight is 295 g/mol. The molecule has 0 spiro atoms. The lowest BCUT2D eigenvalue weighted by molar-refractivity contribution is -0.128. The molecule has 0 radical (unpaired) electrons. The summed E-state index contributed by atoms with van der Waals surface area (Å²) in [6.45, 7) is 1.87. The first-order valence-corrected chi connectivity index (χ1v) is 7.16. The molecule has 2 aromatic rings. The fourth-order valence-electron chi connectivity index (χ4n) is 1.64. The van der Waals surface area contributed by atoms with E-state index in [1.807, 2.05) is 31.2 Å². The smallest absolute Gasteiger partial charge is 0.336 e. The zero-order chi connectivity index (χ0) is 15.1. The Kier molecular flexibility index (Phi) is 5.08. The van der Waals surface area contributed by atoms with Crippen LogP contribution >= 0.6 is 11.3 Å². The third kappa shape index (κ3) is 4.16. The Balaban J connectivity index is 2.05. The third-order valence-electron chi connectivity index (χ3n) is 2.61. The van der Waals surface area contributed by atoms with Gasteiger partial charge in [0.2, 0.25) is 0 Å². The summed E-state index contributed by atoms with van der Waals surface area (Å²) in [7, 11) is 0. The van der Waals surface area contributed by atoms with Crippen molar-refractivity contribution in [1.29, 1.82) is 5.26 Å². The molecule has 0 aliphatic carbocycles. The summed E-state index contributed by atoms with van der Waals surface area (Å²) in [5.74, 6) is 0.0784. The number of thiophene rings is 1. The number of benzene rings is 1. The first-order valence-electron chi connectivity index (χ1n) is 6.34. The molecule has 0 saturated heterocycles. The summed E-state index contributed by atoms with van der Waals surface area (Å²) < 4.78 is 5.17. The second-order valence-corrected chi connectivity index (χ2v) is 5.19. The number of rotatable bonds is 4. The highest BCUT2D eigenvalue weighted by molar-refractivity contribution is 7.16. The third-order valence-corrected chi connectivity index (χ3v) is 3.65. The van der Waals surface area contributed by atoms with Crippen molar-refractivity contribution in [2.75, 3.05) is 0 Å². The molecule has 4 heteroatoms. The van der Waals surface area contributed by atoms with E-state index in [4.69, 9.17) is 10.00 Å². The lowest BCUT2D eigenvalue weighted by atomic mass is 10.2. The predicted octanol–water partition coefficient (Wildman–Crippen LogP) is 4.32. The molecule has 0 aliphatic heterocycles. The fraction of sp³-hybridized carbons (Fsp3) is 0.0588. The maximum atomic E-state index is 11.5. The molecule has 0 atom stereocenters. The summed E-state index contributed by atoms with van der Waals surface area (Å²) >= 11 is 1.43. The van der Waals surface area contributed by atoms with Gasteiger partial charge in [0.15, 0.2) is 0 Å². The summed E-state index contributed by atoms with van der Waals surface area (Å²) in [5.41, 5.74) is 0.991. The maximum Gasteiger partial charge on any atom is 0.336 e. The van der Waals surface area contributed by atoms with Gasteiger partial charge in [-0.1, -0.05) is 18.2 Å². The van der Waals surface area contributed by atoms with Gasteiger partial charge in [0.05, 0.1) is 0 Å². The monoisotopic (exact) mass is 295 g/mol. The van der Waals surface area contributed by atoms with E-state index in [-0.39, 0.29) is 0 Å². The van der Waals surface area contributed by atoms with Crippen LogP contribution in [0.25, 0.3) is 10.4 Å². The number of carbonyl (C=O) groups is 1. The number of carbonyl (C=O) groups excluding carboxylic acids is 1. The minimum atomic E-state index is -0.413. The molecule has 0 bridgehead atoms. The standard InChI is InChI=1S/C17H13NO2S/c1-2-3-4-5-17(19)20-14-8-6-13(7-9-14)16-11-10-15(12-18)21-16/h2-11H,1H3/b3-2+,5-4+. The zero-order valence-electron chi connectivity index (χ0n) is 11.4. The summed E-state index contributed by atoms with van der Waals surface area (Å²) in [5, 5.41) is 8.82. The molecule has 0 fully saturated rings. The Labute approximate surface area is 127 Å². The summed E-state index contributed by atoms with van der Waals surface area (Å²) in [4.78, 5) is 13.2. The van der Waals surface area contributed by atoms with Crippen LogP contribution in [0.2, 0.25) is 0 Å². The van der Waals surface area contributed by atoms with Gasteiger partial charge in [-0.05, 0) is 48.9 Å². The van der Waals surface area contributed by atoms with Crippen LogP contribution in [0.1, 0.15) is 11.8 Å². The van der Waals surface area contributed by atoms with Gasteiger partial charge in [0.25, 0.3) is 0 Å². The van der Waals surface area contributed by atoms with E-state index >= 15 is 0 Å². The van der Waals surface area contributed by atoms with Gasteiger partial charge in [0.1, 0.15) is 16.7 Å². The first-order chi connectivity index (χ1) is 10.2. The Morgan fingerprint density at radius 1 is 1.19 bits per heavy atom. The van der Waals surface area contributed by atoms with Gasteiger partial charge in [-0.3, -0.25) is 0 Å². The van der Waals surface area contributed by atoms with Crippen LogP contribution in [0.4, 0.5) is 0 Å². The number of hydrogen-bond acceptors (Lipinski definition) is 4. The van der Waals surface area contributed by atoms with Crippen molar-refractivity contribution in [1.82, 2.24) is 0 Å². The molecule has 0 N–H and O–H groups in total. The maximum absolute atomic E-state index is 11.5. The molecule has 21 heavy (non-hydrogen) atoms. The average Bonchev–Trinajstić information content (AvgIpc) is 2.97. The Bertz CT molecular complexity index is 718. The van der Waals surface area contributed by atoms with E-state index in [2.05, 4.69) is 6.07 Å². The van der Waals surface area contributed by atoms with E-state index < -0.39 is 5.97 Å². The molecule has 2 rings (SSSR count). The molecule has 3 nitrogen and oxygen atoms in total. The molecule has 0 unspecified atom stereocenters. The topological polar surface area (TPSA) is 50.1 Å². The van der Waals surface area contributed by atoms with Crippen LogP contribution in [0.5, 0.6) is 5.75 Å². The van der Waals surface area contributed by atoms with Gasteiger partial charge in [0, 0.05) is 11.0 Å². The highest BCUT2D eigenvalue weighted by atomic mass is 32.1. The van der Waals surface area contributed by atoms with E-state index in [1.54, 1.807) is 30.4 Å². The highest BCUT2D eigenvalue weighted by Gasteiger charge is 2.04. The van der Waals surface area contributed by atoms with Crippen LogP contribution in [0, 0.1) is 11.3 Å². The molecule has 1 heterocycles. The second kappa shape index (κ2) is 7.22. The molecule has 0 saturated carbocycles. The van der Waals surface area contributed by atoms with Crippen LogP contribution in [-0.2, 0) is 4.79 Å². The molecule has 1 aromatic heterocycles. The van der Waals surface area contributed by atoms with Crippen molar-refractivity contribution in [3.8, 4) is 22.3 Å². The van der Waals surface area contributed by atoms with Crippen molar-refractivity contribution in [2.45, 2.75) is 6.92 Å².